The van der Waals surface area contributed by atoms with Gasteiger partial charge in [-0.25, -0.2) is 0 Å². The van der Waals surface area contributed by atoms with E-state index in [4.69, 9.17) is 16.3 Å². The Morgan fingerprint density at radius 3 is 3.05 bits per heavy atom. The number of hydrogen-bond donors (Lipinski definition) is 1. The summed E-state index contributed by atoms with van der Waals surface area (Å²) in [6.45, 7) is 6.47. The van der Waals surface area contributed by atoms with E-state index in [2.05, 4.69) is 17.1 Å². The quantitative estimate of drug-likeness (QED) is 0.919. The standard InChI is InChI=1S/C15H23ClN2O/c1-3-14-11-18(8-4-7-17-14)10-12-9-13(16)5-6-15(12)19-2/h5-6,9,14,17H,3-4,7-8,10-11H2,1-2H3. The number of hydrogen-bond acceptors (Lipinski definition) is 3. The van der Waals surface area contributed by atoms with Crippen molar-refractivity contribution < 1.29 is 4.74 Å². The van der Waals surface area contributed by atoms with Gasteiger partial charge in [-0.15, -0.1) is 0 Å². The van der Waals surface area contributed by atoms with Crippen LogP contribution in [0.2, 0.25) is 5.02 Å². The number of ether oxygens (including phenoxy) is 1. The van der Waals surface area contributed by atoms with Crippen LogP contribution in [0.4, 0.5) is 0 Å². The third-order valence-electron chi connectivity index (χ3n) is 3.69. The topological polar surface area (TPSA) is 24.5 Å². The second-order valence-corrected chi connectivity index (χ2v) is 5.54. The summed E-state index contributed by atoms with van der Waals surface area (Å²) in [7, 11) is 1.71. The fraction of sp³-hybridized carbons (Fsp3) is 0.600. The highest BCUT2D eigenvalue weighted by molar-refractivity contribution is 6.30. The summed E-state index contributed by atoms with van der Waals surface area (Å²) in [5.74, 6) is 0.926. The monoisotopic (exact) mass is 282 g/mol. The smallest absolute Gasteiger partial charge is 0.123 e. The highest BCUT2D eigenvalue weighted by atomic mass is 35.5. The first-order valence-electron chi connectivity index (χ1n) is 7.01. The zero-order chi connectivity index (χ0) is 13.7. The molecule has 0 spiro atoms. The first-order valence-corrected chi connectivity index (χ1v) is 7.39. The van der Waals surface area contributed by atoms with Crippen LogP contribution in [0, 0.1) is 0 Å². The van der Waals surface area contributed by atoms with Crippen LogP contribution in [0.1, 0.15) is 25.3 Å². The summed E-state index contributed by atoms with van der Waals surface area (Å²) < 4.78 is 5.43. The molecule has 1 aromatic rings. The molecular formula is C15H23ClN2O. The number of nitrogens with zero attached hydrogens (tertiary/aromatic N) is 1. The van der Waals surface area contributed by atoms with Gasteiger partial charge in [0, 0.05) is 29.7 Å². The molecule has 19 heavy (non-hydrogen) atoms. The highest BCUT2D eigenvalue weighted by Crippen LogP contribution is 2.24. The largest absolute Gasteiger partial charge is 0.496 e. The molecular weight excluding hydrogens is 260 g/mol. The molecule has 0 amide bonds. The minimum absolute atomic E-state index is 0.590. The highest BCUT2D eigenvalue weighted by Gasteiger charge is 2.17. The van der Waals surface area contributed by atoms with Gasteiger partial charge in [0.15, 0.2) is 0 Å². The fourth-order valence-corrected chi connectivity index (χ4v) is 2.80. The number of benzene rings is 1. The van der Waals surface area contributed by atoms with Crippen molar-refractivity contribution in [3.63, 3.8) is 0 Å². The van der Waals surface area contributed by atoms with Crippen molar-refractivity contribution in [1.29, 1.82) is 0 Å². The van der Waals surface area contributed by atoms with Crippen LogP contribution >= 0.6 is 11.6 Å². The number of halogens is 1. The molecule has 1 heterocycles. The van der Waals surface area contributed by atoms with Gasteiger partial charge < -0.3 is 10.1 Å². The molecule has 3 nitrogen and oxygen atoms in total. The van der Waals surface area contributed by atoms with E-state index in [1.807, 2.05) is 18.2 Å². The Labute approximate surface area is 120 Å². The van der Waals surface area contributed by atoms with Crippen molar-refractivity contribution in [1.82, 2.24) is 10.2 Å². The lowest BCUT2D eigenvalue weighted by atomic mass is 10.1. The Morgan fingerprint density at radius 1 is 1.47 bits per heavy atom. The summed E-state index contributed by atoms with van der Waals surface area (Å²) in [6.07, 6.45) is 2.36. The average molecular weight is 283 g/mol. The van der Waals surface area contributed by atoms with Gasteiger partial charge in [-0.3, -0.25) is 4.90 Å². The molecule has 1 aliphatic heterocycles. The maximum absolute atomic E-state index is 6.09. The lowest BCUT2D eigenvalue weighted by Gasteiger charge is -2.24. The summed E-state index contributed by atoms with van der Waals surface area (Å²) in [4.78, 5) is 2.49. The normalized spacial score (nSPS) is 21.1. The first kappa shape index (κ1) is 14.6. The van der Waals surface area contributed by atoms with Gasteiger partial charge in [0.2, 0.25) is 0 Å². The van der Waals surface area contributed by atoms with Crippen molar-refractivity contribution in [2.45, 2.75) is 32.4 Å². The van der Waals surface area contributed by atoms with E-state index in [9.17, 15) is 0 Å². The molecule has 0 bridgehead atoms. The van der Waals surface area contributed by atoms with Gasteiger partial charge in [-0.2, -0.15) is 0 Å². The Balaban J connectivity index is 2.08. The minimum atomic E-state index is 0.590. The Bertz CT molecular complexity index is 411. The molecule has 1 atom stereocenters. The molecule has 1 saturated heterocycles. The molecule has 1 N–H and O–H groups in total. The third-order valence-corrected chi connectivity index (χ3v) is 3.93. The fourth-order valence-electron chi connectivity index (χ4n) is 2.61. The Morgan fingerprint density at radius 2 is 2.32 bits per heavy atom. The SMILES string of the molecule is CCC1CN(Cc2cc(Cl)ccc2OC)CCCN1. The van der Waals surface area contributed by atoms with Gasteiger partial charge >= 0.3 is 0 Å². The lowest BCUT2D eigenvalue weighted by molar-refractivity contribution is 0.253. The summed E-state index contributed by atoms with van der Waals surface area (Å²) in [5.41, 5.74) is 1.17. The van der Waals surface area contributed by atoms with E-state index in [-0.39, 0.29) is 0 Å². The van der Waals surface area contributed by atoms with Crippen LogP contribution in [0.25, 0.3) is 0 Å². The zero-order valence-electron chi connectivity index (χ0n) is 11.8. The van der Waals surface area contributed by atoms with Crippen molar-refractivity contribution in [3.05, 3.63) is 28.8 Å². The van der Waals surface area contributed by atoms with Crippen molar-refractivity contribution in [3.8, 4) is 5.75 Å². The predicted octanol–water partition coefficient (Wildman–Crippen LogP) is 2.92. The Kier molecular flexibility index (Phi) is 5.49. The minimum Gasteiger partial charge on any atom is -0.496 e. The molecule has 0 saturated carbocycles. The molecule has 0 radical (unpaired) electrons. The molecule has 106 valence electrons. The molecule has 0 aromatic heterocycles. The van der Waals surface area contributed by atoms with Crippen molar-refractivity contribution >= 4 is 11.6 Å². The molecule has 4 heteroatoms. The average Bonchev–Trinajstić information content (AvgIpc) is 2.64. The predicted molar refractivity (Wildman–Crippen MR) is 80.0 cm³/mol. The number of rotatable bonds is 4. The molecule has 1 unspecified atom stereocenters. The maximum Gasteiger partial charge on any atom is 0.123 e. The van der Waals surface area contributed by atoms with Crippen molar-refractivity contribution in [2.24, 2.45) is 0 Å². The van der Waals surface area contributed by atoms with E-state index in [1.165, 1.54) is 18.4 Å². The number of nitrogens with one attached hydrogen (secondary N) is 1. The van der Waals surface area contributed by atoms with Gasteiger partial charge in [0.1, 0.15) is 5.75 Å². The van der Waals surface area contributed by atoms with Crippen LogP contribution in [0.15, 0.2) is 18.2 Å². The van der Waals surface area contributed by atoms with Crippen LogP contribution in [-0.4, -0.2) is 37.7 Å². The van der Waals surface area contributed by atoms with E-state index in [0.717, 1.165) is 37.0 Å². The second kappa shape index (κ2) is 7.13. The summed E-state index contributed by atoms with van der Waals surface area (Å²) >= 11 is 6.09. The summed E-state index contributed by atoms with van der Waals surface area (Å²) in [5, 5.41) is 4.36. The van der Waals surface area contributed by atoms with E-state index >= 15 is 0 Å². The lowest BCUT2D eigenvalue weighted by Crippen LogP contribution is -2.36. The van der Waals surface area contributed by atoms with Gasteiger partial charge in [0.05, 0.1) is 7.11 Å². The third kappa shape index (κ3) is 4.10. The zero-order valence-corrected chi connectivity index (χ0v) is 12.5. The van der Waals surface area contributed by atoms with E-state index in [0.29, 0.717) is 6.04 Å². The van der Waals surface area contributed by atoms with E-state index < -0.39 is 0 Å². The number of methoxy groups -OCH3 is 1. The Hall–Kier alpha value is -0.770. The van der Waals surface area contributed by atoms with Gasteiger partial charge in [-0.1, -0.05) is 18.5 Å². The van der Waals surface area contributed by atoms with Gasteiger partial charge in [0.25, 0.3) is 0 Å². The molecule has 1 aliphatic rings. The van der Waals surface area contributed by atoms with Crippen LogP contribution in [0.5, 0.6) is 5.75 Å². The van der Waals surface area contributed by atoms with Gasteiger partial charge in [-0.05, 0) is 44.1 Å². The molecule has 1 fully saturated rings. The molecule has 2 rings (SSSR count). The van der Waals surface area contributed by atoms with Crippen LogP contribution < -0.4 is 10.1 Å². The van der Waals surface area contributed by atoms with Crippen molar-refractivity contribution in [2.75, 3.05) is 26.7 Å². The summed E-state index contributed by atoms with van der Waals surface area (Å²) in [6, 6.07) is 6.43. The van der Waals surface area contributed by atoms with Crippen LogP contribution in [-0.2, 0) is 6.54 Å². The maximum atomic E-state index is 6.09. The molecule has 0 aliphatic carbocycles. The first-order chi connectivity index (χ1) is 9.22. The molecule has 1 aromatic carbocycles. The van der Waals surface area contributed by atoms with Crippen LogP contribution in [0.3, 0.4) is 0 Å². The second-order valence-electron chi connectivity index (χ2n) is 5.10. The van der Waals surface area contributed by atoms with E-state index in [1.54, 1.807) is 7.11 Å².